The normalized spacial score (nSPS) is 16.1. The molecule has 1 saturated heterocycles. The van der Waals surface area contributed by atoms with Crippen molar-refractivity contribution in [1.82, 2.24) is 15.5 Å². The molecule has 1 amide bonds. The Balaban J connectivity index is 1.74. The van der Waals surface area contributed by atoms with E-state index in [9.17, 15) is 4.79 Å². The second-order valence-electron chi connectivity index (χ2n) is 3.90. The predicted molar refractivity (Wildman–Crippen MR) is 60.9 cm³/mol. The molecule has 15 heavy (non-hydrogen) atoms. The molecule has 0 atom stereocenters. The molecule has 0 unspecified atom stereocenters. The Bertz CT molecular complexity index is 346. The summed E-state index contributed by atoms with van der Waals surface area (Å²) in [4.78, 5) is 11.5. The van der Waals surface area contributed by atoms with Gasteiger partial charge < -0.3 is 5.32 Å². The Morgan fingerprint density at radius 1 is 1.73 bits per heavy atom. The fourth-order valence-corrected chi connectivity index (χ4v) is 2.25. The zero-order valence-corrected chi connectivity index (χ0v) is 9.56. The number of H-pyrrole nitrogens is 1. The average molecular weight is 225 g/mol. The van der Waals surface area contributed by atoms with Crippen LogP contribution in [0.5, 0.6) is 0 Å². The summed E-state index contributed by atoms with van der Waals surface area (Å²) in [5, 5.41) is 9.67. The highest BCUT2D eigenvalue weighted by atomic mass is 32.2. The molecule has 82 valence electrons. The van der Waals surface area contributed by atoms with Crippen molar-refractivity contribution in [3.8, 4) is 0 Å². The number of hydrogen-bond acceptors (Lipinski definition) is 3. The quantitative estimate of drug-likeness (QED) is 0.794. The minimum atomic E-state index is 0.0939. The van der Waals surface area contributed by atoms with Crippen molar-refractivity contribution in [3.63, 3.8) is 0 Å². The van der Waals surface area contributed by atoms with Gasteiger partial charge in [-0.05, 0) is 24.3 Å². The maximum absolute atomic E-state index is 11.5. The zero-order chi connectivity index (χ0) is 10.7. The van der Waals surface area contributed by atoms with E-state index in [1.54, 1.807) is 6.20 Å². The van der Waals surface area contributed by atoms with Gasteiger partial charge in [-0.3, -0.25) is 9.89 Å². The third-order valence-corrected chi connectivity index (χ3v) is 3.99. The number of rotatable bonds is 4. The topological polar surface area (TPSA) is 57.8 Å². The van der Waals surface area contributed by atoms with Crippen LogP contribution in [0.4, 0.5) is 0 Å². The van der Waals surface area contributed by atoms with E-state index in [-0.39, 0.29) is 5.91 Å². The molecule has 0 bridgehead atoms. The second kappa shape index (κ2) is 4.70. The first-order valence-corrected chi connectivity index (χ1v) is 6.24. The van der Waals surface area contributed by atoms with E-state index in [4.69, 9.17) is 0 Å². The summed E-state index contributed by atoms with van der Waals surface area (Å²) in [5.41, 5.74) is 1.96. The van der Waals surface area contributed by atoms with Gasteiger partial charge in [0, 0.05) is 17.8 Å². The lowest BCUT2D eigenvalue weighted by Crippen LogP contribution is -2.35. The van der Waals surface area contributed by atoms with Crippen LogP contribution in [0.15, 0.2) is 6.20 Å². The van der Waals surface area contributed by atoms with Gasteiger partial charge in [-0.25, -0.2) is 0 Å². The summed E-state index contributed by atoms with van der Waals surface area (Å²) in [7, 11) is 0. The number of aromatic nitrogens is 2. The van der Waals surface area contributed by atoms with Crippen molar-refractivity contribution in [1.29, 1.82) is 0 Å². The second-order valence-corrected chi connectivity index (χ2v) is 4.98. The third-order valence-electron chi connectivity index (χ3n) is 2.58. The largest absolute Gasteiger partial charge is 0.355 e. The van der Waals surface area contributed by atoms with Gasteiger partial charge >= 0.3 is 0 Å². The third kappa shape index (κ3) is 2.75. The highest BCUT2D eigenvalue weighted by molar-refractivity contribution is 8.00. The van der Waals surface area contributed by atoms with Gasteiger partial charge in [-0.1, -0.05) is 0 Å². The van der Waals surface area contributed by atoms with E-state index < -0.39 is 0 Å². The maximum Gasteiger partial charge on any atom is 0.224 e. The molecule has 0 spiro atoms. The van der Waals surface area contributed by atoms with Gasteiger partial charge in [0.15, 0.2) is 0 Å². The van der Waals surface area contributed by atoms with Crippen molar-refractivity contribution in [2.45, 2.75) is 13.3 Å². The lowest BCUT2D eigenvalue weighted by molar-refractivity contribution is -0.120. The first-order chi connectivity index (χ1) is 7.25. The van der Waals surface area contributed by atoms with Crippen molar-refractivity contribution in [2.75, 3.05) is 18.1 Å². The highest BCUT2D eigenvalue weighted by Crippen LogP contribution is 2.23. The van der Waals surface area contributed by atoms with Crippen LogP contribution in [-0.4, -0.2) is 34.2 Å². The van der Waals surface area contributed by atoms with Crippen LogP contribution >= 0.6 is 11.8 Å². The number of nitrogens with zero attached hydrogens (tertiary/aromatic N) is 1. The summed E-state index contributed by atoms with van der Waals surface area (Å²) < 4.78 is 0. The Morgan fingerprint density at radius 2 is 2.53 bits per heavy atom. The SMILES string of the molecule is Cc1[nH]ncc1CC(=O)NCC1CSC1. The van der Waals surface area contributed by atoms with Crippen LogP contribution < -0.4 is 5.32 Å². The minimum absolute atomic E-state index is 0.0939. The van der Waals surface area contributed by atoms with Crippen LogP contribution in [-0.2, 0) is 11.2 Å². The van der Waals surface area contributed by atoms with Crippen molar-refractivity contribution in [3.05, 3.63) is 17.5 Å². The molecule has 4 nitrogen and oxygen atoms in total. The summed E-state index contributed by atoms with van der Waals surface area (Å²) in [5.74, 6) is 3.15. The Kier molecular flexibility index (Phi) is 3.30. The highest BCUT2D eigenvalue weighted by Gasteiger charge is 2.18. The van der Waals surface area contributed by atoms with E-state index in [1.807, 2.05) is 18.7 Å². The number of carbonyl (C=O) groups excluding carboxylic acids is 1. The molecular formula is C10H15N3OS. The molecule has 2 N–H and O–H groups in total. The first kappa shape index (κ1) is 10.5. The monoisotopic (exact) mass is 225 g/mol. The van der Waals surface area contributed by atoms with E-state index in [0.717, 1.165) is 17.8 Å². The van der Waals surface area contributed by atoms with Crippen LogP contribution in [0.3, 0.4) is 0 Å². The van der Waals surface area contributed by atoms with Crippen LogP contribution in [0.1, 0.15) is 11.3 Å². The fraction of sp³-hybridized carbons (Fsp3) is 0.600. The van der Waals surface area contributed by atoms with E-state index in [0.29, 0.717) is 12.3 Å². The lowest BCUT2D eigenvalue weighted by atomic mass is 10.1. The molecule has 0 saturated carbocycles. The molecule has 5 heteroatoms. The van der Waals surface area contributed by atoms with Gasteiger partial charge in [-0.15, -0.1) is 0 Å². The minimum Gasteiger partial charge on any atom is -0.355 e. The summed E-state index contributed by atoms with van der Waals surface area (Å²) in [6.07, 6.45) is 2.15. The smallest absolute Gasteiger partial charge is 0.224 e. The fourth-order valence-electron chi connectivity index (χ4n) is 1.45. The number of aryl methyl sites for hydroxylation is 1. The number of hydrogen-bond donors (Lipinski definition) is 2. The van der Waals surface area contributed by atoms with Gasteiger partial charge in [0.25, 0.3) is 0 Å². The van der Waals surface area contributed by atoms with Crippen molar-refractivity contribution in [2.24, 2.45) is 5.92 Å². The molecule has 1 aliphatic heterocycles. The van der Waals surface area contributed by atoms with Crippen LogP contribution in [0, 0.1) is 12.8 Å². The summed E-state index contributed by atoms with van der Waals surface area (Å²) >= 11 is 1.94. The zero-order valence-electron chi connectivity index (χ0n) is 8.75. The Labute approximate surface area is 93.2 Å². The standard InChI is InChI=1S/C10H15N3OS/c1-7-9(4-12-13-7)2-10(14)11-3-8-5-15-6-8/h4,8H,2-3,5-6H2,1H3,(H,11,14)(H,12,13). The summed E-state index contributed by atoms with van der Waals surface area (Å²) in [6, 6.07) is 0. The number of amides is 1. The van der Waals surface area contributed by atoms with Crippen LogP contribution in [0.2, 0.25) is 0 Å². The molecule has 0 radical (unpaired) electrons. The van der Waals surface area contributed by atoms with E-state index in [2.05, 4.69) is 15.5 Å². The number of aromatic amines is 1. The van der Waals surface area contributed by atoms with Gasteiger partial charge in [0.05, 0.1) is 12.6 Å². The predicted octanol–water partition coefficient (Wildman–Crippen LogP) is 0.740. The van der Waals surface area contributed by atoms with Crippen molar-refractivity contribution < 1.29 is 4.79 Å². The maximum atomic E-state index is 11.5. The number of nitrogens with one attached hydrogen (secondary N) is 2. The molecule has 1 aliphatic rings. The van der Waals surface area contributed by atoms with Crippen LogP contribution in [0.25, 0.3) is 0 Å². The van der Waals surface area contributed by atoms with Gasteiger partial charge in [-0.2, -0.15) is 16.9 Å². The average Bonchev–Trinajstić information content (AvgIpc) is 2.49. The molecular weight excluding hydrogens is 210 g/mol. The molecule has 1 aromatic rings. The Morgan fingerprint density at radius 3 is 3.07 bits per heavy atom. The molecule has 0 aliphatic carbocycles. The lowest BCUT2D eigenvalue weighted by Gasteiger charge is -2.24. The number of carbonyl (C=O) groups is 1. The Hall–Kier alpha value is -0.970. The van der Waals surface area contributed by atoms with Gasteiger partial charge in [0.2, 0.25) is 5.91 Å². The first-order valence-electron chi connectivity index (χ1n) is 5.09. The molecule has 1 fully saturated rings. The van der Waals surface area contributed by atoms with E-state index >= 15 is 0 Å². The number of thioether (sulfide) groups is 1. The molecule has 1 aromatic heterocycles. The molecule has 0 aromatic carbocycles. The molecule has 2 rings (SSSR count). The molecule has 2 heterocycles. The van der Waals surface area contributed by atoms with Crippen molar-refractivity contribution >= 4 is 17.7 Å². The van der Waals surface area contributed by atoms with Gasteiger partial charge in [0.1, 0.15) is 0 Å². The van der Waals surface area contributed by atoms with E-state index in [1.165, 1.54) is 11.5 Å². The summed E-state index contributed by atoms with van der Waals surface area (Å²) in [6.45, 7) is 2.75.